The molecule has 150 valence electrons. The largest absolute Gasteiger partial charge is 0.362 e. The first kappa shape index (κ1) is 18.3. The number of imide groups is 1. The van der Waals surface area contributed by atoms with Crippen molar-refractivity contribution in [1.29, 1.82) is 0 Å². The van der Waals surface area contributed by atoms with E-state index in [4.69, 9.17) is 9.47 Å². The van der Waals surface area contributed by atoms with Crippen molar-refractivity contribution in [2.75, 3.05) is 18.1 Å². The normalized spacial score (nSPS) is 27.5. The van der Waals surface area contributed by atoms with Gasteiger partial charge in [0.1, 0.15) is 5.41 Å². The molecule has 2 atom stereocenters. The average Bonchev–Trinajstić information content (AvgIpc) is 3.35. The van der Waals surface area contributed by atoms with Crippen LogP contribution in [0.25, 0.3) is 0 Å². The summed E-state index contributed by atoms with van der Waals surface area (Å²) in [6.07, 6.45) is 0.643. The fourth-order valence-electron chi connectivity index (χ4n) is 5.10. The monoisotopic (exact) mass is 392 g/mol. The molecule has 1 N–H and O–H groups in total. The SMILES string of the molecule is CC1(C[C@@H]2N(Cc3ccccc3)c3ccccc3[C@]23CC(=O)NC3=O)OCCO1. The number of nitrogens with zero attached hydrogens (tertiary/aromatic N) is 1. The molecule has 6 nitrogen and oxygen atoms in total. The van der Waals surface area contributed by atoms with Crippen LogP contribution in [0.5, 0.6) is 0 Å². The first-order chi connectivity index (χ1) is 14.0. The van der Waals surface area contributed by atoms with Crippen LogP contribution in [-0.4, -0.2) is 36.9 Å². The molecule has 3 aliphatic rings. The molecular weight excluding hydrogens is 368 g/mol. The molecule has 5 rings (SSSR count). The molecule has 0 saturated carbocycles. The minimum Gasteiger partial charge on any atom is -0.362 e. The molecule has 1 spiro atoms. The first-order valence-corrected chi connectivity index (χ1v) is 10.0. The Labute approximate surface area is 169 Å². The molecule has 2 aromatic rings. The van der Waals surface area contributed by atoms with Crippen molar-refractivity contribution in [3.05, 3.63) is 65.7 Å². The topological polar surface area (TPSA) is 67.9 Å². The van der Waals surface area contributed by atoms with Crippen molar-refractivity contribution >= 4 is 17.5 Å². The Morgan fingerprint density at radius 1 is 1.03 bits per heavy atom. The fraction of sp³-hybridized carbons (Fsp3) is 0.391. The van der Waals surface area contributed by atoms with Crippen molar-refractivity contribution in [3.8, 4) is 0 Å². The van der Waals surface area contributed by atoms with Crippen molar-refractivity contribution in [2.24, 2.45) is 0 Å². The summed E-state index contributed by atoms with van der Waals surface area (Å²) in [6, 6.07) is 17.8. The average molecular weight is 392 g/mol. The van der Waals surface area contributed by atoms with Gasteiger partial charge in [0.25, 0.3) is 0 Å². The number of carbonyl (C=O) groups is 2. The highest BCUT2D eigenvalue weighted by atomic mass is 16.7. The second kappa shape index (κ2) is 6.68. The molecule has 0 aromatic heterocycles. The van der Waals surface area contributed by atoms with E-state index in [1.54, 1.807) is 0 Å². The summed E-state index contributed by atoms with van der Waals surface area (Å²) in [5.74, 6) is -1.23. The molecule has 2 saturated heterocycles. The number of hydrogen-bond acceptors (Lipinski definition) is 5. The minimum absolute atomic E-state index is 0.148. The van der Waals surface area contributed by atoms with E-state index in [9.17, 15) is 9.59 Å². The van der Waals surface area contributed by atoms with Gasteiger partial charge in [0.15, 0.2) is 5.79 Å². The van der Waals surface area contributed by atoms with Gasteiger partial charge in [0, 0.05) is 25.1 Å². The van der Waals surface area contributed by atoms with E-state index in [1.165, 1.54) is 0 Å². The lowest BCUT2D eigenvalue weighted by molar-refractivity contribution is -0.154. The van der Waals surface area contributed by atoms with Crippen LogP contribution in [0, 0.1) is 0 Å². The summed E-state index contributed by atoms with van der Waals surface area (Å²) in [6.45, 7) is 3.63. The fourth-order valence-corrected chi connectivity index (χ4v) is 5.10. The lowest BCUT2D eigenvalue weighted by Crippen LogP contribution is -2.52. The lowest BCUT2D eigenvalue weighted by atomic mass is 9.73. The second-order valence-corrected chi connectivity index (χ2v) is 8.21. The Morgan fingerprint density at radius 3 is 2.41 bits per heavy atom. The number of carbonyl (C=O) groups excluding carboxylic acids is 2. The highest BCUT2D eigenvalue weighted by molar-refractivity contribution is 6.11. The number of amides is 2. The molecule has 6 heteroatoms. The van der Waals surface area contributed by atoms with Gasteiger partial charge in [-0.15, -0.1) is 0 Å². The number of para-hydroxylation sites is 1. The Bertz CT molecular complexity index is 954. The maximum Gasteiger partial charge on any atom is 0.239 e. The van der Waals surface area contributed by atoms with Gasteiger partial charge in [-0.1, -0.05) is 48.5 Å². The quantitative estimate of drug-likeness (QED) is 0.810. The van der Waals surface area contributed by atoms with E-state index in [-0.39, 0.29) is 24.3 Å². The molecule has 0 aliphatic carbocycles. The number of hydrogen-bond donors (Lipinski definition) is 1. The summed E-state index contributed by atoms with van der Waals surface area (Å²) in [5, 5.41) is 2.56. The second-order valence-electron chi connectivity index (χ2n) is 8.21. The van der Waals surface area contributed by atoms with Crippen molar-refractivity contribution < 1.29 is 19.1 Å². The molecule has 0 radical (unpaired) electrons. The zero-order valence-corrected chi connectivity index (χ0v) is 16.4. The van der Waals surface area contributed by atoms with Crippen molar-refractivity contribution in [2.45, 2.75) is 43.6 Å². The van der Waals surface area contributed by atoms with Gasteiger partial charge in [-0.2, -0.15) is 0 Å². The van der Waals surface area contributed by atoms with E-state index in [2.05, 4.69) is 22.3 Å². The zero-order chi connectivity index (χ0) is 20.1. The van der Waals surface area contributed by atoms with Gasteiger partial charge in [0.2, 0.25) is 11.8 Å². The molecule has 3 aliphatic heterocycles. The van der Waals surface area contributed by atoms with Crippen molar-refractivity contribution in [3.63, 3.8) is 0 Å². The molecule has 2 aromatic carbocycles. The standard InChI is InChI=1S/C23H24N2O4/c1-22(28-11-12-29-22)13-19-23(14-20(26)24-21(23)27)17-9-5-6-10-18(17)25(19)15-16-7-3-2-4-8-16/h2-10,19H,11-15H2,1H3,(H,24,26,27)/t19-,23+/m0/s1. The molecule has 2 fully saturated rings. The predicted octanol–water partition coefficient (Wildman–Crippen LogP) is 2.51. The summed E-state index contributed by atoms with van der Waals surface area (Å²) in [4.78, 5) is 27.8. The van der Waals surface area contributed by atoms with E-state index in [1.807, 2.05) is 49.4 Å². The zero-order valence-electron chi connectivity index (χ0n) is 16.4. The van der Waals surface area contributed by atoms with Crippen LogP contribution < -0.4 is 10.2 Å². The first-order valence-electron chi connectivity index (χ1n) is 10.0. The van der Waals surface area contributed by atoms with Crippen LogP contribution in [0.1, 0.15) is 30.9 Å². The van der Waals surface area contributed by atoms with Gasteiger partial charge in [0.05, 0.1) is 19.3 Å². The number of fused-ring (bicyclic) bond motifs is 2. The highest BCUT2D eigenvalue weighted by Crippen LogP contribution is 2.52. The molecular formula is C23H24N2O4. The van der Waals surface area contributed by atoms with Crippen LogP contribution in [0.3, 0.4) is 0 Å². The van der Waals surface area contributed by atoms with Crippen LogP contribution in [-0.2, 0) is 31.0 Å². The molecule has 29 heavy (non-hydrogen) atoms. The Kier molecular flexibility index (Phi) is 4.22. The number of nitrogens with one attached hydrogen (secondary N) is 1. The number of rotatable bonds is 4. The maximum atomic E-state index is 13.2. The van der Waals surface area contributed by atoms with E-state index in [0.717, 1.165) is 16.8 Å². The third-order valence-electron chi connectivity index (χ3n) is 6.39. The summed E-state index contributed by atoms with van der Waals surface area (Å²) in [7, 11) is 0. The van der Waals surface area contributed by atoms with Gasteiger partial charge < -0.3 is 14.4 Å². The van der Waals surface area contributed by atoms with E-state index < -0.39 is 11.2 Å². The van der Waals surface area contributed by atoms with Gasteiger partial charge in [-0.25, -0.2) is 0 Å². The maximum absolute atomic E-state index is 13.2. The third-order valence-corrected chi connectivity index (χ3v) is 6.39. The van der Waals surface area contributed by atoms with E-state index in [0.29, 0.717) is 26.2 Å². The Hall–Kier alpha value is -2.70. The van der Waals surface area contributed by atoms with E-state index >= 15 is 0 Å². The Morgan fingerprint density at radius 2 is 1.72 bits per heavy atom. The van der Waals surface area contributed by atoms with Gasteiger partial charge in [-0.3, -0.25) is 14.9 Å². The lowest BCUT2D eigenvalue weighted by Gasteiger charge is -2.38. The smallest absolute Gasteiger partial charge is 0.239 e. The molecule has 3 heterocycles. The third kappa shape index (κ3) is 2.86. The van der Waals surface area contributed by atoms with Gasteiger partial charge >= 0.3 is 0 Å². The molecule has 0 bridgehead atoms. The van der Waals surface area contributed by atoms with Crippen LogP contribution in [0.4, 0.5) is 5.69 Å². The Balaban J connectivity index is 1.63. The number of ether oxygens (including phenoxy) is 2. The van der Waals surface area contributed by atoms with Crippen LogP contribution in [0.2, 0.25) is 0 Å². The summed E-state index contributed by atoms with van der Waals surface area (Å²) >= 11 is 0. The number of benzene rings is 2. The summed E-state index contributed by atoms with van der Waals surface area (Å²) in [5.41, 5.74) is 2.12. The predicted molar refractivity (Wildman–Crippen MR) is 107 cm³/mol. The molecule has 2 amide bonds. The van der Waals surface area contributed by atoms with Gasteiger partial charge in [-0.05, 0) is 24.1 Å². The van der Waals surface area contributed by atoms with Crippen LogP contribution >= 0.6 is 0 Å². The minimum atomic E-state index is -0.930. The molecule has 0 unspecified atom stereocenters. The summed E-state index contributed by atoms with van der Waals surface area (Å²) < 4.78 is 11.8. The van der Waals surface area contributed by atoms with Crippen LogP contribution in [0.15, 0.2) is 54.6 Å². The number of anilines is 1. The van der Waals surface area contributed by atoms with Crippen molar-refractivity contribution in [1.82, 2.24) is 5.32 Å². The highest BCUT2D eigenvalue weighted by Gasteiger charge is 2.61.